The Morgan fingerprint density at radius 3 is 2.79 bits per heavy atom. The Hall–Kier alpha value is -2.61. The lowest BCUT2D eigenvalue weighted by atomic mass is 9.99. The number of benzene rings is 2. The Kier molecular flexibility index (Phi) is 6.06. The van der Waals surface area contributed by atoms with Crippen LogP contribution in [0.2, 0.25) is 0 Å². The largest absolute Gasteiger partial charge is 0.383 e. The molecule has 4 rings (SSSR count). The summed E-state index contributed by atoms with van der Waals surface area (Å²) in [5, 5.41) is 12.7. The predicted molar refractivity (Wildman–Crippen MR) is 106 cm³/mol. The van der Waals surface area contributed by atoms with E-state index in [0.29, 0.717) is 25.6 Å². The molecule has 0 bridgehead atoms. The summed E-state index contributed by atoms with van der Waals surface area (Å²) in [5.41, 5.74) is 3.83. The lowest BCUT2D eigenvalue weighted by Gasteiger charge is -2.31. The van der Waals surface area contributed by atoms with Crippen molar-refractivity contribution < 1.29 is 9.47 Å². The number of hydrogen-bond donors (Lipinski definition) is 0. The van der Waals surface area contributed by atoms with Gasteiger partial charge in [0.05, 0.1) is 19.8 Å². The van der Waals surface area contributed by atoms with E-state index in [2.05, 4.69) is 68.8 Å². The number of hydrogen-bond acceptors (Lipinski definition) is 6. The lowest BCUT2D eigenvalue weighted by molar-refractivity contribution is -0.0373. The highest BCUT2D eigenvalue weighted by atomic mass is 16.5. The molecule has 2 aromatic carbocycles. The van der Waals surface area contributed by atoms with Crippen molar-refractivity contribution in [3.63, 3.8) is 0 Å². The van der Waals surface area contributed by atoms with E-state index in [0.717, 1.165) is 19.6 Å². The fourth-order valence-electron chi connectivity index (χ4n) is 3.45. The van der Waals surface area contributed by atoms with Crippen LogP contribution >= 0.6 is 0 Å². The van der Waals surface area contributed by atoms with Gasteiger partial charge < -0.3 is 9.47 Å². The van der Waals surface area contributed by atoms with Gasteiger partial charge in [-0.3, -0.25) is 4.90 Å². The van der Waals surface area contributed by atoms with Crippen molar-refractivity contribution in [1.82, 2.24) is 25.1 Å². The van der Waals surface area contributed by atoms with Gasteiger partial charge in [0.25, 0.3) is 0 Å². The molecule has 0 N–H and O–H groups in total. The summed E-state index contributed by atoms with van der Waals surface area (Å²) >= 11 is 0. The number of methoxy groups -OCH3 is 1. The minimum atomic E-state index is -0.158. The second-order valence-corrected chi connectivity index (χ2v) is 6.85. The molecule has 0 aliphatic carbocycles. The van der Waals surface area contributed by atoms with Gasteiger partial charge in [-0.2, -0.15) is 4.80 Å². The topological polar surface area (TPSA) is 65.3 Å². The van der Waals surface area contributed by atoms with Gasteiger partial charge >= 0.3 is 0 Å². The molecule has 7 heteroatoms. The predicted octanol–water partition coefficient (Wildman–Crippen LogP) is 2.56. The molecule has 0 saturated carbocycles. The first-order chi connectivity index (χ1) is 13.8. The Labute approximate surface area is 164 Å². The van der Waals surface area contributed by atoms with Crippen LogP contribution in [0, 0.1) is 0 Å². The van der Waals surface area contributed by atoms with Gasteiger partial charge in [0.1, 0.15) is 6.10 Å². The first-order valence-electron chi connectivity index (χ1n) is 9.57. The molecule has 0 radical (unpaired) electrons. The minimum absolute atomic E-state index is 0.158. The normalized spacial score (nSPS) is 17.7. The molecular formula is C21H25N5O2. The molecule has 1 aliphatic rings. The van der Waals surface area contributed by atoms with Crippen LogP contribution in [0.25, 0.3) is 11.1 Å². The van der Waals surface area contributed by atoms with Crippen LogP contribution in [0.1, 0.15) is 17.5 Å². The summed E-state index contributed by atoms with van der Waals surface area (Å²) in [6.45, 7) is 4.30. The molecule has 3 aromatic rings. The first-order valence-corrected chi connectivity index (χ1v) is 9.57. The molecule has 146 valence electrons. The van der Waals surface area contributed by atoms with Gasteiger partial charge in [0.15, 0.2) is 0 Å². The van der Waals surface area contributed by atoms with Crippen molar-refractivity contribution >= 4 is 0 Å². The second kappa shape index (κ2) is 9.05. The maximum absolute atomic E-state index is 5.91. The Morgan fingerprint density at radius 1 is 1.11 bits per heavy atom. The maximum Gasteiger partial charge on any atom is 0.204 e. The van der Waals surface area contributed by atoms with Crippen molar-refractivity contribution in [2.45, 2.75) is 19.2 Å². The standard InChI is InChI=1S/C21H25N5O2/c1-27-13-12-26-23-21(22-24-26)20-16-25(11-14-28-20)15-18-9-5-6-10-19(18)17-7-3-2-4-8-17/h2-10,20H,11-16H2,1H3. The third-order valence-corrected chi connectivity index (χ3v) is 4.90. The van der Waals surface area contributed by atoms with Crippen LogP contribution in [0.15, 0.2) is 54.6 Å². The molecule has 7 nitrogen and oxygen atoms in total. The van der Waals surface area contributed by atoms with Gasteiger partial charge in [-0.15, -0.1) is 10.2 Å². The molecule has 28 heavy (non-hydrogen) atoms. The van der Waals surface area contributed by atoms with Gasteiger partial charge in [0, 0.05) is 26.7 Å². The van der Waals surface area contributed by atoms with E-state index in [1.807, 2.05) is 6.07 Å². The summed E-state index contributed by atoms with van der Waals surface area (Å²) in [7, 11) is 1.66. The number of ether oxygens (including phenoxy) is 2. The molecule has 1 aliphatic heterocycles. The number of nitrogens with zero attached hydrogens (tertiary/aromatic N) is 5. The molecule has 0 spiro atoms. The monoisotopic (exact) mass is 379 g/mol. The van der Waals surface area contributed by atoms with Crippen LogP contribution in [0.5, 0.6) is 0 Å². The highest BCUT2D eigenvalue weighted by Gasteiger charge is 2.26. The zero-order chi connectivity index (χ0) is 19.2. The summed E-state index contributed by atoms with van der Waals surface area (Å²) in [6.07, 6.45) is -0.158. The summed E-state index contributed by atoms with van der Waals surface area (Å²) in [6, 6.07) is 19.1. The quantitative estimate of drug-likeness (QED) is 0.629. The van der Waals surface area contributed by atoms with E-state index < -0.39 is 0 Å². The van der Waals surface area contributed by atoms with Crippen LogP contribution in [0.3, 0.4) is 0 Å². The van der Waals surface area contributed by atoms with Crippen molar-refractivity contribution in [2.75, 3.05) is 33.4 Å². The van der Waals surface area contributed by atoms with Crippen molar-refractivity contribution in [2.24, 2.45) is 0 Å². The molecule has 1 unspecified atom stereocenters. The van der Waals surface area contributed by atoms with Crippen molar-refractivity contribution in [1.29, 1.82) is 0 Å². The van der Waals surface area contributed by atoms with Crippen LogP contribution in [0.4, 0.5) is 0 Å². The Balaban J connectivity index is 1.46. The number of morpholine rings is 1. The third kappa shape index (κ3) is 4.44. The minimum Gasteiger partial charge on any atom is -0.383 e. The molecule has 1 atom stereocenters. The number of aromatic nitrogens is 4. The highest BCUT2D eigenvalue weighted by molar-refractivity contribution is 5.67. The molecule has 2 heterocycles. The average molecular weight is 379 g/mol. The van der Waals surface area contributed by atoms with E-state index in [1.165, 1.54) is 16.7 Å². The smallest absolute Gasteiger partial charge is 0.204 e. The zero-order valence-corrected chi connectivity index (χ0v) is 16.1. The average Bonchev–Trinajstić information content (AvgIpc) is 3.23. The highest BCUT2D eigenvalue weighted by Crippen LogP contribution is 2.26. The van der Waals surface area contributed by atoms with Gasteiger partial charge in [-0.05, 0) is 21.9 Å². The number of rotatable bonds is 7. The van der Waals surface area contributed by atoms with Crippen molar-refractivity contribution in [3.05, 3.63) is 66.0 Å². The van der Waals surface area contributed by atoms with Crippen LogP contribution in [-0.2, 0) is 22.6 Å². The summed E-state index contributed by atoms with van der Waals surface area (Å²) < 4.78 is 11.0. The van der Waals surface area contributed by atoms with E-state index in [4.69, 9.17) is 9.47 Å². The second-order valence-electron chi connectivity index (χ2n) is 6.85. The third-order valence-electron chi connectivity index (χ3n) is 4.90. The van der Waals surface area contributed by atoms with Crippen LogP contribution in [-0.4, -0.2) is 58.5 Å². The SMILES string of the molecule is COCCn1nnc(C2CN(Cc3ccccc3-c3ccccc3)CCO2)n1. The summed E-state index contributed by atoms with van der Waals surface area (Å²) in [4.78, 5) is 3.96. The fourth-order valence-corrected chi connectivity index (χ4v) is 3.45. The Bertz CT molecular complexity index is 883. The lowest BCUT2D eigenvalue weighted by Crippen LogP contribution is -2.38. The first kappa shape index (κ1) is 18.7. The fraction of sp³-hybridized carbons (Fsp3) is 0.381. The van der Waals surface area contributed by atoms with E-state index >= 15 is 0 Å². The summed E-state index contributed by atoms with van der Waals surface area (Å²) in [5.74, 6) is 0.636. The van der Waals surface area contributed by atoms with E-state index in [9.17, 15) is 0 Å². The molecule has 1 aromatic heterocycles. The van der Waals surface area contributed by atoms with Gasteiger partial charge in [-0.1, -0.05) is 54.6 Å². The molecular weight excluding hydrogens is 354 g/mol. The number of tetrazole rings is 1. The van der Waals surface area contributed by atoms with E-state index in [1.54, 1.807) is 11.9 Å². The van der Waals surface area contributed by atoms with Crippen LogP contribution < -0.4 is 0 Å². The van der Waals surface area contributed by atoms with Crippen molar-refractivity contribution in [3.8, 4) is 11.1 Å². The molecule has 1 saturated heterocycles. The van der Waals surface area contributed by atoms with Gasteiger partial charge in [0.2, 0.25) is 5.82 Å². The maximum atomic E-state index is 5.91. The molecule has 1 fully saturated rings. The Morgan fingerprint density at radius 2 is 1.93 bits per heavy atom. The van der Waals surface area contributed by atoms with E-state index in [-0.39, 0.29) is 6.10 Å². The zero-order valence-electron chi connectivity index (χ0n) is 16.1. The molecule has 0 amide bonds. The van der Waals surface area contributed by atoms with Gasteiger partial charge in [-0.25, -0.2) is 0 Å².